The SMILES string of the molecule is CC(C)NC(=O)CCOc1cc([N+](=O)[O-])ccc1Cl. The summed E-state index contributed by atoms with van der Waals surface area (Å²) in [6.07, 6.45) is 0.164. The van der Waals surface area contributed by atoms with E-state index in [1.807, 2.05) is 13.8 Å². The second kappa shape index (κ2) is 6.94. The van der Waals surface area contributed by atoms with Gasteiger partial charge in [0.1, 0.15) is 5.75 Å². The molecule has 0 spiro atoms. The summed E-state index contributed by atoms with van der Waals surface area (Å²) in [5.74, 6) is 0.0600. The van der Waals surface area contributed by atoms with Crippen LogP contribution in [0.1, 0.15) is 20.3 Å². The van der Waals surface area contributed by atoms with Crippen LogP contribution in [0, 0.1) is 10.1 Å². The van der Waals surface area contributed by atoms with Gasteiger partial charge >= 0.3 is 0 Å². The van der Waals surface area contributed by atoms with Gasteiger partial charge in [-0.2, -0.15) is 0 Å². The molecule has 19 heavy (non-hydrogen) atoms. The predicted octanol–water partition coefficient (Wildman–Crippen LogP) is 2.54. The van der Waals surface area contributed by atoms with E-state index in [-0.39, 0.29) is 41.4 Å². The summed E-state index contributed by atoms with van der Waals surface area (Å²) >= 11 is 5.85. The van der Waals surface area contributed by atoms with Gasteiger partial charge < -0.3 is 10.1 Å². The van der Waals surface area contributed by atoms with Crippen molar-refractivity contribution in [3.05, 3.63) is 33.3 Å². The fourth-order valence-corrected chi connectivity index (χ4v) is 1.54. The van der Waals surface area contributed by atoms with Crippen LogP contribution in [0.15, 0.2) is 18.2 Å². The third-order valence-electron chi connectivity index (χ3n) is 2.16. The zero-order valence-electron chi connectivity index (χ0n) is 10.7. The summed E-state index contributed by atoms with van der Waals surface area (Å²) in [6, 6.07) is 3.99. The number of non-ortho nitro benzene ring substituents is 1. The van der Waals surface area contributed by atoms with E-state index in [2.05, 4.69) is 5.32 Å². The number of carbonyl (C=O) groups excluding carboxylic acids is 1. The number of nitro benzene ring substituents is 1. The molecule has 1 aromatic carbocycles. The molecule has 0 radical (unpaired) electrons. The summed E-state index contributed by atoms with van der Waals surface area (Å²) in [6.45, 7) is 3.83. The molecule has 0 aliphatic carbocycles. The first-order valence-corrected chi connectivity index (χ1v) is 6.14. The molecule has 6 nitrogen and oxygen atoms in total. The van der Waals surface area contributed by atoms with Crippen LogP contribution in [0.5, 0.6) is 5.75 Å². The Balaban J connectivity index is 2.55. The van der Waals surface area contributed by atoms with Crippen molar-refractivity contribution in [3.8, 4) is 5.75 Å². The molecule has 0 saturated heterocycles. The number of hydrogen-bond donors (Lipinski definition) is 1. The molecule has 7 heteroatoms. The molecule has 0 aromatic heterocycles. The van der Waals surface area contributed by atoms with E-state index in [1.165, 1.54) is 18.2 Å². The summed E-state index contributed by atoms with van der Waals surface area (Å²) in [7, 11) is 0. The largest absolute Gasteiger partial charge is 0.491 e. The highest BCUT2D eigenvalue weighted by atomic mass is 35.5. The zero-order valence-corrected chi connectivity index (χ0v) is 11.4. The van der Waals surface area contributed by atoms with Crippen molar-refractivity contribution >= 4 is 23.2 Å². The van der Waals surface area contributed by atoms with E-state index in [4.69, 9.17) is 16.3 Å². The van der Waals surface area contributed by atoms with Crippen LogP contribution in [0.25, 0.3) is 0 Å². The van der Waals surface area contributed by atoms with Gasteiger partial charge in [-0.25, -0.2) is 0 Å². The molecule has 0 aliphatic heterocycles. The molecule has 0 fully saturated rings. The minimum Gasteiger partial charge on any atom is -0.491 e. The van der Waals surface area contributed by atoms with Gasteiger partial charge in [0.05, 0.1) is 29.0 Å². The molecule has 1 aromatic rings. The lowest BCUT2D eigenvalue weighted by Gasteiger charge is -2.10. The monoisotopic (exact) mass is 286 g/mol. The molecule has 1 rings (SSSR count). The van der Waals surface area contributed by atoms with Crippen molar-refractivity contribution in [1.29, 1.82) is 0 Å². The van der Waals surface area contributed by atoms with E-state index in [9.17, 15) is 14.9 Å². The zero-order chi connectivity index (χ0) is 14.4. The molecule has 0 unspecified atom stereocenters. The molecule has 0 aliphatic rings. The number of benzene rings is 1. The Kier molecular flexibility index (Phi) is 5.57. The first kappa shape index (κ1) is 15.2. The predicted molar refractivity (Wildman–Crippen MR) is 71.5 cm³/mol. The van der Waals surface area contributed by atoms with Gasteiger partial charge in [-0.3, -0.25) is 14.9 Å². The summed E-state index contributed by atoms with van der Waals surface area (Å²) in [5, 5.41) is 13.6. The van der Waals surface area contributed by atoms with Crippen LogP contribution in [0.2, 0.25) is 5.02 Å². The van der Waals surface area contributed by atoms with Crippen LogP contribution >= 0.6 is 11.6 Å². The maximum Gasteiger partial charge on any atom is 0.273 e. The molecule has 104 valence electrons. The fraction of sp³-hybridized carbons (Fsp3) is 0.417. The lowest BCUT2D eigenvalue weighted by molar-refractivity contribution is -0.384. The van der Waals surface area contributed by atoms with E-state index in [1.54, 1.807) is 0 Å². The number of rotatable bonds is 6. The van der Waals surface area contributed by atoms with Crippen molar-refractivity contribution < 1.29 is 14.5 Å². The third kappa shape index (κ3) is 5.13. The van der Waals surface area contributed by atoms with Crippen LogP contribution < -0.4 is 10.1 Å². The number of nitrogens with one attached hydrogen (secondary N) is 1. The van der Waals surface area contributed by atoms with Gasteiger partial charge in [-0.1, -0.05) is 11.6 Å². The summed E-state index contributed by atoms with van der Waals surface area (Å²) in [4.78, 5) is 21.4. The second-order valence-electron chi connectivity index (χ2n) is 4.19. The average Bonchev–Trinajstić information content (AvgIpc) is 2.30. The first-order valence-electron chi connectivity index (χ1n) is 5.76. The standard InChI is InChI=1S/C12H15ClN2O4/c1-8(2)14-12(16)5-6-19-11-7-9(15(17)18)3-4-10(11)13/h3-4,7-8H,5-6H2,1-2H3,(H,14,16). The number of halogens is 1. The molecular weight excluding hydrogens is 272 g/mol. The summed E-state index contributed by atoms with van der Waals surface area (Å²) in [5.41, 5.74) is -0.106. The second-order valence-corrected chi connectivity index (χ2v) is 4.60. The van der Waals surface area contributed by atoms with Gasteiger partial charge in [0.15, 0.2) is 0 Å². The normalized spacial score (nSPS) is 10.3. The van der Waals surface area contributed by atoms with Crippen molar-refractivity contribution in [3.63, 3.8) is 0 Å². The molecule has 0 atom stereocenters. The van der Waals surface area contributed by atoms with Crippen molar-refractivity contribution in [2.24, 2.45) is 0 Å². The quantitative estimate of drug-likeness (QED) is 0.643. The van der Waals surface area contributed by atoms with Crippen molar-refractivity contribution in [1.82, 2.24) is 5.32 Å². The molecular formula is C12H15ClN2O4. The Morgan fingerprint density at radius 3 is 2.79 bits per heavy atom. The first-order chi connectivity index (χ1) is 8.90. The van der Waals surface area contributed by atoms with E-state index < -0.39 is 4.92 Å². The van der Waals surface area contributed by atoms with Gasteiger partial charge in [0.2, 0.25) is 5.91 Å². The van der Waals surface area contributed by atoms with Crippen LogP contribution in [0.3, 0.4) is 0 Å². The molecule has 0 bridgehead atoms. The molecule has 0 saturated carbocycles. The van der Waals surface area contributed by atoms with E-state index in [0.29, 0.717) is 0 Å². The lowest BCUT2D eigenvalue weighted by Crippen LogP contribution is -2.31. The number of amides is 1. The topological polar surface area (TPSA) is 81.5 Å². The summed E-state index contributed by atoms with van der Waals surface area (Å²) < 4.78 is 5.28. The van der Waals surface area contributed by atoms with E-state index >= 15 is 0 Å². The van der Waals surface area contributed by atoms with Crippen LogP contribution in [0.4, 0.5) is 5.69 Å². The number of nitro groups is 1. The van der Waals surface area contributed by atoms with Gasteiger partial charge in [0.25, 0.3) is 5.69 Å². The van der Waals surface area contributed by atoms with Crippen molar-refractivity contribution in [2.75, 3.05) is 6.61 Å². The lowest BCUT2D eigenvalue weighted by atomic mass is 10.3. The smallest absolute Gasteiger partial charge is 0.273 e. The number of nitrogens with zero attached hydrogens (tertiary/aromatic N) is 1. The molecule has 0 heterocycles. The number of hydrogen-bond acceptors (Lipinski definition) is 4. The average molecular weight is 287 g/mol. The number of carbonyl (C=O) groups is 1. The van der Waals surface area contributed by atoms with E-state index in [0.717, 1.165) is 0 Å². The Labute approximate surface area is 115 Å². The maximum absolute atomic E-state index is 11.4. The van der Waals surface area contributed by atoms with Crippen LogP contribution in [-0.4, -0.2) is 23.5 Å². The third-order valence-corrected chi connectivity index (χ3v) is 2.47. The number of ether oxygens (including phenoxy) is 1. The highest BCUT2D eigenvalue weighted by molar-refractivity contribution is 6.32. The Morgan fingerprint density at radius 1 is 1.53 bits per heavy atom. The van der Waals surface area contributed by atoms with Gasteiger partial charge in [-0.05, 0) is 19.9 Å². The minimum absolute atomic E-state index is 0.0638. The van der Waals surface area contributed by atoms with Gasteiger partial charge in [0, 0.05) is 12.1 Å². The van der Waals surface area contributed by atoms with Crippen LogP contribution in [-0.2, 0) is 4.79 Å². The maximum atomic E-state index is 11.4. The Morgan fingerprint density at radius 2 is 2.21 bits per heavy atom. The van der Waals surface area contributed by atoms with Gasteiger partial charge in [-0.15, -0.1) is 0 Å². The highest BCUT2D eigenvalue weighted by Crippen LogP contribution is 2.28. The molecule has 1 amide bonds. The minimum atomic E-state index is -0.533. The molecule has 1 N–H and O–H groups in total. The fourth-order valence-electron chi connectivity index (χ4n) is 1.36. The van der Waals surface area contributed by atoms with Crippen molar-refractivity contribution in [2.45, 2.75) is 26.3 Å². The highest BCUT2D eigenvalue weighted by Gasteiger charge is 2.11. The Hall–Kier alpha value is -1.82. The Bertz CT molecular complexity index is 477.